The van der Waals surface area contributed by atoms with Gasteiger partial charge in [0.2, 0.25) is 0 Å². The van der Waals surface area contributed by atoms with Gasteiger partial charge in [0.05, 0.1) is 0 Å². The van der Waals surface area contributed by atoms with Gasteiger partial charge in [-0.15, -0.1) is 10.2 Å². The number of piperazine rings is 1. The van der Waals surface area contributed by atoms with Crippen molar-refractivity contribution in [1.29, 1.82) is 0 Å². The lowest BCUT2D eigenvalue weighted by Gasteiger charge is -2.29. The van der Waals surface area contributed by atoms with E-state index in [0.717, 1.165) is 41.8 Å². The van der Waals surface area contributed by atoms with Crippen LogP contribution in [0.15, 0.2) is 24.3 Å². The summed E-state index contributed by atoms with van der Waals surface area (Å²) in [5, 5.41) is 13.6. The Kier molecular flexibility index (Phi) is 3.25. The molecule has 0 amide bonds. The first-order valence-electron chi connectivity index (χ1n) is 6.19. The Labute approximate surface area is 111 Å². The maximum Gasteiger partial charge on any atom is 0.147 e. The first-order chi connectivity index (χ1) is 8.83. The molecular weight excluding hydrogens is 244 g/mol. The molecule has 1 saturated heterocycles. The van der Waals surface area contributed by atoms with Crippen molar-refractivity contribution < 1.29 is 0 Å². The molecule has 0 radical (unpaired) electrons. The van der Waals surface area contributed by atoms with Gasteiger partial charge >= 0.3 is 0 Å². The topological polar surface area (TPSA) is 41.1 Å². The predicted molar refractivity (Wildman–Crippen MR) is 75.2 cm³/mol. The molecule has 0 spiro atoms. The lowest BCUT2D eigenvalue weighted by Crippen LogP contribution is -2.43. The van der Waals surface area contributed by atoms with Gasteiger partial charge in [-0.1, -0.05) is 11.3 Å². The molecule has 1 aliphatic rings. The molecule has 3 rings (SSSR count). The summed E-state index contributed by atoms with van der Waals surface area (Å²) in [7, 11) is 0. The summed E-state index contributed by atoms with van der Waals surface area (Å²) in [5.41, 5.74) is 2.45. The number of rotatable bonds is 2. The van der Waals surface area contributed by atoms with Crippen molar-refractivity contribution >= 4 is 17.0 Å². The molecule has 0 atom stereocenters. The van der Waals surface area contributed by atoms with Crippen LogP contribution in [-0.4, -0.2) is 36.4 Å². The van der Waals surface area contributed by atoms with E-state index in [9.17, 15) is 0 Å². The summed E-state index contributed by atoms with van der Waals surface area (Å²) in [4.78, 5) is 2.41. The van der Waals surface area contributed by atoms with Gasteiger partial charge in [0.15, 0.2) is 0 Å². The molecule has 1 aromatic heterocycles. The SMILES string of the molecule is Cc1nnc(-c2ccc(N3CCNCC3)cc2)s1. The molecule has 1 N–H and O–H groups in total. The lowest BCUT2D eigenvalue weighted by molar-refractivity contribution is 0.589. The van der Waals surface area contributed by atoms with Gasteiger partial charge in [-0.25, -0.2) is 0 Å². The van der Waals surface area contributed by atoms with E-state index in [1.54, 1.807) is 11.3 Å². The van der Waals surface area contributed by atoms with Gasteiger partial charge < -0.3 is 10.2 Å². The van der Waals surface area contributed by atoms with E-state index in [4.69, 9.17) is 0 Å². The minimum atomic E-state index is 0.999. The molecule has 0 unspecified atom stereocenters. The Morgan fingerprint density at radius 1 is 1.11 bits per heavy atom. The van der Waals surface area contributed by atoms with E-state index < -0.39 is 0 Å². The van der Waals surface area contributed by atoms with Crippen LogP contribution in [0.1, 0.15) is 5.01 Å². The molecule has 2 aromatic rings. The van der Waals surface area contributed by atoms with Gasteiger partial charge in [-0.2, -0.15) is 0 Å². The van der Waals surface area contributed by atoms with Crippen molar-refractivity contribution in [1.82, 2.24) is 15.5 Å². The highest BCUT2D eigenvalue weighted by atomic mass is 32.1. The molecule has 4 nitrogen and oxygen atoms in total. The molecule has 0 saturated carbocycles. The van der Waals surface area contributed by atoms with Crippen LogP contribution in [0.5, 0.6) is 0 Å². The van der Waals surface area contributed by atoms with E-state index in [0.29, 0.717) is 0 Å². The van der Waals surface area contributed by atoms with Gasteiger partial charge in [0.25, 0.3) is 0 Å². The van der Waals surface area contributed by atoms with Crippen LogP contribution in [0.2, 0.25) is 0 Å². The minimum Gasteiger partial charge on any atom is -0.369 e. The summed E-state index contributed by atoms with van der Waals surface area (Å²) < 4.78 is 0. The zero-order valence-electron chi connectivity index (χ0n) is 10.4. The van der Waals surface area contributed by atoms with Gasteiger partial charge in [-0.05, 0) is 31.2 Å². The number of hydrogen-bond donors (Lipinski definition) is 1. The highest BCUT2D eigenvalue weighted by Crippen LogP contribution is 2.25. The summed E-state index contributed by atoms with van der Waals surface area (Å²) >= 11 is 1.64. The van der Waals surface area contributed by atoms with Crippen molar-refractivity contribution in [3.63, 3.8) is 0 Å². The smallest absolute Gasteiger partial charge is 0.147 e. The number of aryl methyl sites for hydroxylation is 1. The Hall–Kier alpha value is -1.46. The average Bonchev–Trinajstić information content (AvgIpc) is 2.87. The Balaban J connectivity index is 1.80. The molecule has 1 aromatic carbocycles. The van der Waals surface area contributed by atoms with Crippen LogP contribution in [0.4, 0.5) is 5.69 Å². The number of benzene rings is 1. The first kappa shape index (κ1) is 11.6. The molecule has 1 aliphatic heterocycles. The van der Waals surface area contributed by atoms with Crippen molar-refractivity contribution in [3.05, 3.63) is 29.3 Å². The molecule has 18 heavy (non-hydrogen) atoms. The zero-order valence-corrected chi connectivity index (χ0v) is 11.2. The predicted octanol–water partition coefficient (Wildman–Crippen LogP) is 1.92. The fourth-order valence-corrected chi connectivity index (χ4v) is 2.85. The molecule has 1 fully saturated rings. The van der Waals surface area contributed by atoms with Crippen LogP contribution in [0.3, 0.4) is 0 Å². The molecule has 5 heteroatoms. The largest absolute Gasteiger partial charge is 0.369 e. The average molecular weight is 260 g/mol. The second kappa shape index (κ2) is 5.04. The van der Waals surface area contributed by atoms with Crippen LogP contribution in [-0.2, 0) is 0 Å². The number of hydrogen-bond acceptors (Lipinski definition) is 5. The van der Waals surface area contributed by atoms with Crippen LogP contribution in [0.25, 0.3) is 10.6 Å². The zero-order chi connectivity index (χ0) is 12.4. The van der Waals surface area contributed by atoms with E-state index in [-0.39, 0.29) is 0 Å². The summed E-state index contributed by atoms with van der Waals surface area (Å²) in [6, 6.07) is 8.63. The van der Waals surface area contributed by atoms with Crippen molar-refractivity contribution in [3.8, 4) is 10.6 Å². The fourth-order valence-electron chi connectivity index (χ4n) is 2.15. The quantitative estimate of drug-likeness (QED) is 0.895. The summed E-state index contributed by atoms with van der Waals surface area (Å²) in [5.74, 6) is 0. The van der Waals surface area contributed by atoms with Gasteiger partial charge in [0, 0.05) is 37.4 Å². The standard InChI is InChI=1S/C13H16N4S/c1-10-15-16-13(18-10)11-2-4-12(5-3-11)17-8-6-14-7-9-17/h2-5,14H,6-9H2,1H3. The third-order valence-corrected chi connectivity index (χ3v) is 4.01. The Morgan fingerprint density at radius 3 is 2.44 bits per heavy atom. The maximum atomic E-state index is 4.17. The number of nitrogens with one attached hydrogen (secondary N) is 1. The third-order valence-electron chi connectivity index (χ3n) is 3.12. The Morgan fingerprint density at radius 2 is 1.83 bits per heavy atom. The van der Waals surface area contributed by atoms with Gasteiger partial charge in [-0.3, -0.25) is 0 Å². The van der Waals surface area contributed by atoms with Crippen LogP contribution >= 0.6 is 11.3 Å². The molecule has 94 valence electrons. The van der Waals surface area contributed by atoms with E-state index >= 15 is 0 Å². The third kappa shape index (κ3) is 2.37. The van der Waals surface area contributed by atoms with E-state index in [1.165, 1.54) is 5.69 Å². The second-order valence-corrected chi connectivity index (χ2v) is 5.59. The second-order valence-electron chi connectivity index (χ2n) is 4.41. The summed E-state index contributed by atoms with van der Waals surface area (Å²) in [6.07, 6.45) is 0. The molecular formula is C13H16N4S. The van der Waals surface area contributed by atoms with Crippen LogP contribution < -0.4 is 10.2 Å². The number of aromatic nitrogens is 2. The number of nitrogens with zero attached hydrogens (tertiary/aromatic N) is 3. The Bertz CT molecular complexity index is 514. The highest BCUT2D eigenvalue weighted by molar-refractivity contribution is 7.14. The van der Waals surface area contributed by atoms with Crippen molar-refractivity contribution in [2.24, 2.45) is 0 Å². The molecule has 0 bridgehead atoms. The van der Waals surface area contributed by atoms with E-state index in [1.807, 2.05) is 6.92 Å². The first-order valence-corrected chi connectivity index (χ1v) is 7.01. The maximum absolute atomic E-state index is 4.17. The monoisotopic (exact) mass is 260 g/mol. The minimum absolute atomic E-state index is 0.999. The molecule has 2 heterocycles. The summed E-state index contributed by atoms with van der Waals surface area (Å²) in [6.45, 7) is 6.28. The fraction of sp³-hybridized carbons (Fsp3) is 0.385. The highest BCUT2D eigenvalue weighted by Gasteiger charge is 2.10. The van der Waals surface area contributed by atoms with Crippen molar-refractivity contribution in [2.45, 2.75) is 6.92 Å². The van der Waals surface area contributed by atoms with Crippen molar-refractivity contribution in [2.75, 3.05) is 31.1 Å². The lowest BCUT2D eigenvalue weighted by atomic mass is 10.2. The van der Waals surface area contributed by atoms with Crippen LogP contribution in [0, 0.1) is 6.92 Å². The van der Waals surface area contributed by atoms with E-state index in [2.05, 4.69) is 44.7 Å². The normalized spacial score (nSPS) is 15.9. The number of anilines is 1. The molecule has 0 aliphatic carbocycles. The van der Waals surface area contributed by atoms with Gasteiger partial charge in [0.1, 0.15) is 10.0 Å².